The summed E-state index contributed by atoms with van der Waals surface area (Å²) in [6.45, 7) is 0. The number of para-hydroxylation sites is 1. The van der Waals surface area contributed by atoms with Crippen molar-refractivity contribution in [1.82, 2.24) is 0 Å². The first-order valence-electron chi connectivity index (χ1n) is 6.12. The van der Waals surface area contributed by atoms with Crippen molar-refractivity contribution in [1.29, 1.82) is 0 Å². The first-order chi connectivity index (χ1) is 9.58. The van der Waals surface area contributed by atoms with E-state index in [0.717, 1.165) is 16.8 Å². The molecule has 1 amide bonds. The number of rotatable bonds is 1. The Morgan fingerprint density at radius 1 is 1.10 bits per heavy atom. The van der Waals surface area contributed by atoms with E-state index < -0.39 is 0 Å². The van der Waals surface area contributed by atoms with Crippen molar-refractivity contribution in [2.24, 2.45) is 0 Å². The molecule has 20 heavy (non-hydrogen) atoms. The van der Waals surface area contributed by atoms with E-state index >= 15 is 0 Å². The summed E-state index contributed by atoms with van der Waals surface area (Å²) in [4.78, 5) is 14.0. The maximum Gasteiger partial charge on any atom is 0.258 e. The number of halogens is 2. The maximum absolute atomic E-state index is 12.3. The van der Waals surface area contributed by atoms with Gasteiger partial charge >= 0.3 is 0 Å². The highest BCUT2D eigenvalue weighted by Gasteiger charge is 2.29. The molecule has 1 aliphatic rings. The van der Waals surface area contributed by atoms with Crippen LogP contribution in [-0.2, 0) is 4.79 Å². The van der Waals surface area contributed by atoms with Crippen molar-refractivity contribution in [3.05, 3.63) is 63.6 Å². The van der Waals surface area contributed by atoms with Gasteiger partial charge in [0.05, 0.1) is 5.69 Å². The van der Waals surface area contributed by atoms with Gasteiger partial charge in [0.25, 0.3) is 5.91 Å². The quantitative estimate of drug-likeness (QED) is 0.710. The topological polar surface area (TPSA) is 20.3 Å². The highest BCUT2D eigenvalue weighted by Crippen LogP contribution is 2.37. The van der Waals surface area contributed by atoms with Crippen molar-refractivity contribution in [3.8, 4) is 0 Å². The number of hydrogen-bond donors (Lipinski definition) is 0. The number of anilines is 1. The molecule has 0 aliphatic carbocycles. The zero-order chi connectivity index (χ0) is 14.3. The molecule has 0 saturated heterocycles. The van der Waals surface area contributed by atoms with Gasteiger partial charge in [-0.1, -0.05) is 47.5 Å². The van der Waals surface area contributed by atoms with Crippen LogP contribution in [0.3, 0.4) is 0 Å². The van der Waals surface area contributed by atoms with E-state index in [4.69, 9.17) is 23.2 Å². The van der Waals surface area contributed by atoms with Gasteiger partial charge in [-0.15, -0.1) is 0 Å². The van der Waals surface area contributed by atoms with Crippen molar-refractivity contribution in [3.63, 3.8) is 0 Å². The van der Waals surface area contributed by atoms with Gasteiger partial charge in [0, 0.05) is 28.2 Å². The van der Waals surface area contributed by atoms with Crippen LogP contribution in [-0.4, -0.2) is 13.0 Å². The molecule has 2 aromatic carbocycles. The summed E-state index contributed by atoms with van der Waals surface area (Å²) in [6.07, 6.45) is 1.81. The van der Waals surface area contributed by atoms with E-state index in [2.05, 4.69) is 0 Å². The summed E-state index contributed by atoms with van der Waals surface area (Å²) >= 11 is 12.1. The largest absolute Gasteiger partial charge is 0.311 e. The molecule has 0 N–H and O–H groups in total. The maximum atomic E-state index is 12.3. The molecule has 2 aromatic rings. The number of fused-ring (bicyclic) bond motifs is 1. The lowest BCUT2D eigenvalue weighted by Crippen LogP contribution is -2.20. The van der Waals surface area contributed by atoms with E-state index in [0.29, 0.717) is 15.6 Å². The van der Waals surface area contributed by atoms with E-state index in [1.165, 1.54) is 0 Å². The fourth-order valence-corrected chi connectivity index (χ4v) is 2.78. The molecule has 2 nitrogen and oxygen atoms in total. The van der Waals surface area contributed by atoms with E-state index in [1.807, 2.05) is 36.4 Å². The first kappa shape index (κ1) is 13.2. The number of likely N-dealkylation sites (N-methyl/N-ethyl adjacent to an activating group) is 1. The molecule has 0 saturated carbocycles. The van der Waals surface area contributed by atoms with Crippen LogP contribution in [0.4, 0.5) is 5.69 Å². The molecule has 0 radical (unpaired) electrons. The lowest BCUT2D eigenvalue weighted by molar-refractivity contribution is -0.112. The van der Waals surface area contributed by atoms with Gasteiger partial charge in [0.1, 0.15) is 0 Å². The Hall–Kier alpha value is -1.77. The Morgan fingerprint density at radius 2 is 1.85 bits per heavy atom. The van der Waals surface area contributed by atoms with Crippen LogP contribution in [0.5, 0.6) is 0 Å². The predicted octanol–water partition coefficient (Wildman–Crippen LogP) is 4.51. The SMILES string of the molecule is CN1C(=O)/C(=C\c2ccc(Cl)cc2Cl)c2ccccc21. The van der Waals surface area contributed by atoms with Gasteiger partial charge in [-0.05, 0) is 29.8 Å². The number of carbonyl (C=O) groups excluding carboxylic acids is 1. The Morgan fingerprint density at radius 3 is 2.60 bits per heavy atom. The summed E-state index contributed by atoms with van der Waals surface area (Å²) in [5.74, 6) is -0.0304. The normalized spacial score (nSPS) is 15.8. The van der Waals surface area contributed by atoms with E-state index in [-0.39, 0.29) is 5.91 Å². The first-order valence-corrected chi connectivity index (χ1v) is 6.88. The summed E-state index contributed by atoms with van der Waals surface area (Å²) in [7, 11) is 1.77. The fourth-order valence-electron chi connectivity index (χ4n) is 2.31. The Balaban J connectivity index is 2.14. The highest BCUT2D eigenvalue weighted by atomic mass is 35.5. The molecule has 1 heterocycles. The number of carbonyl (C=O) groups is 1. The molecule has 0 aromatic heterocycles. The zero-order valence-electron chi connectivity index (χ0n) is 10.7. The summed E-state index contributed by atoms with van der Waals surface area (Å²) in [5.41, 5.74) is 3.26. The van der Waals surface area contributed by atoms with Crippen molar-refractivity contribution >= 4 is 46.4 Å². The van der Waals surface area contributed by atoms with Crippen LogP contribution in [0.2, 0.25) is 10.0 Å². The summed E-state index contributed by atoms with van der Waals surface area (Å²) in [5, 5.41) is 1.11. The van der Waals surface area contributed by atoms with Gasteiger partial charge in [-0.2, -0.15) is 0 Å². The molecular formula is C16H11Cl2NO. The molecular weight excluding hydrogens is 293 g/mol. The van der Waals surface area contributed by atoms with Gasteiger partial charge in [0.15, 0.2) is 0 Å². The molecule has 3 rings (SSSR count). The standard InChI is InChI=1S/C16H11Cl2NO/c1-19-15-5-3-2-4-12(15)13(16(19)20)8-10-6-7-11(17)9-14(10)18/h2-9H,1H3/b13-8-. The smallest absolute Gasteiger partial charge is 0.258 e. The highest BCUT2D eigenvalue weighted by molar-refractivity contribution is 6.38. The molecule has 4 heteroatoms. The van der Waals surface area contributed by atoms with E-state index in [1.54, 1.807) is 24.1 Å². The van der Waals surface area contributed by atoms with Crippen LogP contribution in [0.25, 0.3) is 11.6 Å². The molecule has 1 aliphatic heterocycles. The molecule has 100 valence electrons. The lowest BCUT2D eigenvalue weighted by Gasteiger charge is -2.08. The average molecular weight is 304 g/mol. The molecule has 0 fully saturated rings. The third-order valence-corrected chi connectivity index (χ3v) is 3.92. The molecule has 0 bridgehead atoms. The second kappa shape index (κ2) is 4.97. The number of nitrogens with zero attached hydrogens (tertiary/aromatic N) is 1. The Labute approximate surface area is 127 Å². The van der Waals surface area contributed by atoms with Crippen LogP contribution in [0.15, 0.2) is 42.5 Å². The van der Waals surface area contributed by atoms with Crippen LogP contribution < -0.4 is 4.90 Å². The predicted molar refractivity (Wildman–Crippen MR) is 84.2 cm³/mol. The third-order valence-electron chi connectivity index (χ3n) is 3.35. The van der Waals surface area contributed by atoms with Crippen LogP contribution in [0.1, 0.15) is 11.1 Å². The monoisotopic (exact) mass is 303 g/mol. The zero-order valence-corrected chi connectivity index (χ0v) is 12.2. The van der Waals surface area contributed by atoms with Crippen molar-refractivity contribution < 1.29 is 4.79 Å². The second-order valence-corrected chi connectivity index (χ2v) is 5.45. The number of hydrogen-bond acceptors (Lipinski definition) is 1. The van der Waals surface area contributed by atoms with E-state index in [9.17, 15) is 4.79 Å². The van der Waals surface area contributed by atoms with Gasteiger partial charge in [-0.3, -0.25) is 4.79 Å². The van der Waals surface area contributed by atoms with Crippen molar-refractivity contribution in [2.75, 3.05) is 11.9 Å². The summed E-state index contributed by atoms with van der Waals surface area (Å²) < 4.78 is 0. The Kier molecular flexibility index (Phi) is 3.28. The third kappa shape index (κ3) is 2.11. The average Bonchev–Trinajstić information content (AvgIpc) is 2.67. The lowest BCUT2D eigenvalue weighted by atomic mass is 10.0. The minimum atomic E-state index is -0.0304. The van der Waals surface area contributed by atoms with Gasteiger partial charge < -0.3 is 4.90 Å². The molecule has 0 spiro atoms. The fraction of sp³-hybridized carbons (Fsp3) is 0.0625. The van der Waals surface area contributed by atoms with Crippen LogP contribution >= 0.6 is 23.2 Å². The summed E-state index contributed by atoms with van der Waals surface area (Å²) in [6, 6.07) is 12.9. The Bertz CT molecular complexity index is 737. The van der Waals surface area contributed by atoms with Gasteiger partial charge in [-0.25, -0.2) is 0 Å². The molecule has 0 atom stereocenters. The second-order valence-electron chi connectivity index (χ2n) is 4.61. The minimum Gasteiger partial charge on any atom is -0.311 e. The van der Waals surface area contributed by atoms with Crippen molar-refractivity contribution in [2.45, 2.75) is 0 Å². The van der Waals surface area contributed by atoms with Gasteiger partial charge in [0.2, 0.25) is 0 Å². The minimum absolute atomic E-state index is 0.0304. The van der Waals surface area contributed by atoms with Crippen LogP contribution in [0, 0.1) is 0 Å². The number of amides is 1. The molecule has 0 unspecified atom stereocenters. The number of benzene rings is 2.